The summed E-state index contributed by atoms with van der Waals surface area (Å²) in [4.78, 5) is 31.0. The van der Waals surface area contributed by atoms with Gasteiger partial charge in [0.25, 0.3) is 5.56 Å². The fourth-order valence-electron chi connectivity index (χ4n) is 3.84. The molecule has 2 aromatic carbocycles. The van der Waals surface area contributed by atoms with Gasteiger partial charge in [0.1, 0.15) is 0 Å². The predicted molar refractivity (Wildman–Crippen MR) is 123 cm³/mol. The van der Waals surface area contributed by atoms with Crippen LogP contribution >= 0.6 is 12.2 Å². The summed E-state index contributed by atoms with van der Waals surface area (Å²) in [6.07, 6.45) is 0.169. The third kappa shape index (κ3) is 5.28. The van der Waals surface area contributed by atoms with Crippen LogP contribution in [-0.2, 0) is 16.1 Å². The first-order valence-corrected chi connectivity index (χ1v) is 10.9. The van der Waals surface area contributed by atoms with Crippen LogP contribution in [-0.4, -0.2) is 53.2 Å². The lowest BCUT2D eigenvalue weighted by Crippen LogP contribution is -2.43. The Labute approximate surface area is 185 Å². The quantitative estimate of drug-likeness (QED) is 0.555. The van der Waals surface area contributed by atoms with Crippen LogP contribution in [0.25, 0.3) is 10.9 Å². The summed E-state index contributed by atoms with van der Waals surface area (Å²) in [5.41, 5.74) is 1.58. The summed E-state index contributed by atoms with van der Waals surface area (Å²) in [5.74, 6) is -0.114. The van der Waals surface area contributed by atoms with Gasteiger partial charge >= 0.3 is 0 Å². The van der Waals surface area contributed by atoms with Gasteiger partial charge in [-0.15, -0.1) is 0 Å². The first-order valence-electron chi connectivity index (χ1n) is 10.5. The molecule has 1 aromatic heterocycles. The molecular weight excluding hydrogens is 412 g/mol. The molecule has 1 aliphatic rings. The van der Waals surface area contributed by atoms with Gasteiger partial charge < -0.3 is 15.0 Å². The van der Waals surface area contributed by atoms with Gasteiger partial charge in [-0.05, 0) is 29.9 Å². The monoisotopic (exact) mass is 438 g/mol. The summed E-state index contributed by atoms with van der Waals surface area (Å²) in [5, 5.41) is 3.71. The average molecular weight is 439 g/mol. The maximum Gasteiger partial charge on any atom is 0.262 e. The van der Waals surface area contributed by atoms with Crippen molar-refractivity contribution in [2.45, 2.75) is 19.0 Å². The molecule has 7 nitrogen and oxygen atoms in total. The molecule has 0 bridgehead atoms. The molecule has 2 N–H and O–H groups in total. The molecular formula is C23H26N4O3S. The highest BCUT2D eigenvalue weighted by molar-refractivity contribution is 7.71. The third-order valence-corrected chi connectivity index (χ3v) is 5.86. The molecule has 31 heavy (non-hydrogen) atoms. The van der Waals surface area contributed by atoms with Crippen LogP contribution < -0.4 is 10.9 Å². The van der Waals surface area contributed by atoms with Crippen molar-refractivity contribution >= 4 is 29.0 Å². The number of carbonyl (C=O) groups is 1. The van der Waals surface area contributed by atoms with Gasteiger partial charge in [-0.25, -0.2) is 0 Å². The van der Waals surface area contributed by atoms with Crippen LogP contribution in [0.2, 0.25) is 0 Å². The molecule has 1 atom stereocenters. The second-order valence-electron chi connectivity index (χ2n) is 7.63. The minimum absolute atomic E-state index is 0.114. The smallest absolute Gasteiger partial charge is 0.262 e. The number of aromatic amines is 1. The van der Waals surface area contributed by atoms with E-state index >= 15 is 0 Å². The topological polar surface area (TPSA) is 79.4 Å². The number of amides is 1. The van der Waals surface area contributed by atoms with Crippen molar-refractivity contribution in [1.82, 2.24) is 19.8 Å². The second kappa shape index (κ2) is 10.00. The molecule has 4 rings (SSSR count). The number of rotatable bonds is 7. The Hall–Kier alpha value is -2.81. The highest BCUT2D eigenvalue weighted by atomic mass is 32.1. The van der Waals surface area contributed by atoms with Crippen LogP contribution in [0.15, 0.2) is 59.4 Å². The number of nitrogens with one attached hydrogen (secondary N) is 2. The minimum Gasteiger partial charge on any atom is -0.379 e. The zero-order chi connectivity index (χ0) is 21.6. The molecule has 0 saturated carbocycles. The zero-order valence-electron chi connectivity index (χ0n) is 17.3. The van der Waals surface area contributed by atoms with Gasteiger partial charge in [-0.1, -0.05) is 42.5 Å². The standard InChI is InChI=1S/C23H26N4O3S/c28-21(10-11-27-22(29)18-8-4-5-9-19(18)25-23(27)31)24-20(17-6-2-1-3-7-17)16-26-12-14-30-15-13-26/h1-9,20H,10-16H2,(H,24,28)(H,25,31). The van der Waals surface area contributed by atoms with Crippen molar-refractivity contribution in [2.75, 3.05) is 32.8 Å². The van der Waals surface area contributed by atoms with Crippen LogP contribution in [0.1, 0.15) is 18.0 Å². The number of hydrogen-bond donors (Lipinski definition) is 2. The molecule has 1 unspecified atom stereocenters. The van der Waals surface area contributed by atoms with E-state index in [4.69, 9.17) is 17.0 Å². The van der Waals surface area contributed by atoms with Gasteiger partial charge in [-0.3, -0.25) is 19.1 Å². The molecule has 1 fully saturated rings. The van der Waals surface area contributed by atoms with Crippen molar-refractivity contribution < 1.29 is 9.53 Å². The van der Waals surface area contributed by atoms with Crippen molar-refractivity contribution in [1.29, 1.82) is 0 Å². The molecule has 1 saturated heterocycles. The normalized spacial score (nSPS) is 15.6. The summed E-state index contributed by atoms with van der Waals surface area (Å²) in [6, 6.07) is 17.1. The Morgan fingerprint density at radius 1 is 1.10 bits per heavy atom. The molecule has 0 spiro atoms. The predicted octanol–water partition coefficient (Wildman–Crippen LogP) is 2.64. The van der Waals surface area contributed by atoms with Crippen LogP contribution in [0.5, 0.6) is 0 Å². The SMILES string of the molecule is O=C(CCn1c(=S)[nH]c2ccccc2c1=O)NC(CN1CCOCC1)c1ccccc1. The Morgan fingerprint density at radius 2 is 1.81 bits per heavy atom. The first-order chi connectivity index (χ1) is 15.1. The third-order valence-electron chi connectivity index (χ3n) is 5.53. The molecule has 2 heterocycles. The summed E-state index contributed by atoms with van der Waals surface area (Å²) in [7, 11) is 0. The number of benzene rings is 2. The van der Waals surface area contributed by atoms with Crippen LogP contribution in [0.4, 0.5) is 0 Å². The molecule has 1 amide bonds. The molecule has 162 valence electrons. The van der Waals surface area contributed by atoms with E-state index in [1.54, 1.807) is 6.07 Å². The maximum atomic E-state index is 12.8. The molecule has 8 heteroatoms. The second-order valence-corrected chi connectivity index (χ2v) is 8.01. The number of morpholine rings is 1. The van der Waals surface area contributed by atoms with Crippen LogP contribution in [0, 0.1) is 4.77 Å². The van der Waals surface area contributed by atoms with E-state index in [-0.39, 0.29) is 30.5 Å². The number of aromatic nitrogens is 2. The minimum atomic E-state index is -0.180. The Balaban J connectivity index is 1.46. The number of nitrogens with zero attached hydrogens (tertiary/aromatic N) is 2. The first kappa shape index (κ1) is 21.4. The number of carbonyl (C=O) groups excluding carboxylic acids is 1. The average Bonchev–Trinajstić information content (AvgIpc) is 2.80. The number of H-pyrrole nitrogens is 1. The molecule has 3 aromatic rings. The Bertz CT molecular complexity index is 1150. The Kier molecular flexibility index (Phi) is 6.91. The maximum absolute atomic E-state index is 12.8. The number of para-hydroxylation sites is 1. The van der Waals surface area contributed by atoms with E-state index in [9.17, 15) is 9.59 Å². The van der Waals surface area contributed by atoms with E-state index < -0.39 is 0 Å². The van der Waals surface area contributed by atoms with E-state index in [1.807, 2.05) is 48.5 Å². The molecule has 1 aliphatic heterocycles. The van der Waals surface area contributed by atoms with E-state index in [0.29, 0.717) is 28.9 Å². The number of ether oxygens (including phenoxy) is 1. The van der Waals surface area contributed by atoms with Crippen molar-refractivity contribution in [3.8, 4) is 0 Å². The summed E-state index contributed by atoms with van der Waals surface area (Å²) in [6.45, 7) is 4.05. The highest BCUT2D eigenvalue weighted by Crippen LogP contribution is 2.16. The van der Waals surface area contributed by atoms with E-state index in [2.05, 4.69) is 15.2 Å². The lowest BCUT2D eigenvalue weighted by atomic mass is 10.1. The Morgan fingerprint density at radius 3 is 2.58 bits per heavy atom. The highest BCUT2D eigenvalue weighted by Gasteiger charge is 2.20. The van der Waals surface area contributed by atoms with Gasteiger partial charge in [0.2, 0.25) is 5.91 Å². The van der Waals surface area contributed by atoms with E-state index in [1.165, 1.54) is 4.57 Å². The lowest BCUT2D eigenvalue weighted by Gasteiger charge is -2.31. The summed E-state index contributed by atoms with van der Waals surface area (Å²) < 4.78 is 7.21. The van der Waals surface area contributed by atoms with Gasteiger partial charge in [0.15, 0.2) is 4.77 Å². The zero-order valence-corrected chi connectivity index (χ0v) is 18.1. The van der Waals surface area contributed by atoms with Crippen molar-refractivity contribution in [2.24, 2.45) is 0 Å². The largest absolute Gasteiger partial charge is 0.379 e. The van der Waals surface area contributed by atoms with Crippen molar-refractivity contribution in [3.63, 3.8) is 0 Å². The van der Waals surface area contributed by atoms with Gasteiger partial charge in [0, 0.05) is 32.6 Å². The fraction of sp³-hybridized carbons (Fsp3) is 0.348. The van der Waals surface area contributed by atoms with Crippen LogP contribution in [0.3, 0.4) is 0 Å². The molecule has 0 aliphatic carbocycles. The van der Waals surface area contributed by atoms with Gasteiger partial charge in [-0.2, -0.15) is 0 Å². The molecule has 0 radical (unpaired) electrons. The van der Waals surface area contributed by atoms with E-state index in [0.717, 1.165) is 25.2 Å². The van der Waals surface area contributed by atoms with Crippen molar-refractivity contribution in [3.05, 3.63) is 75.3 Å². The fourth-order valence-corrected chi connectivity index (χ4v) is 4.13. The van der Waals surface area contributed by atoms with Gasteiger partial charge in [0.05, 0.1) is 30.2 Å². The number of hydrogen-bond acceptors (Lipinski definition) is 5. The lowest BCUT2D eigenvalue weighted by molar-refractivity contribution is -0.122. The number of fused-ring (bicyclic) bond motifs is 1. The summed E-state index contributed by atoms with van der Waals surface area (Å²) >= 11 is 5.35.